The highest BCUT2D eigenvalue weighted by Crippen LogP contribution is 2.26. The fraction of sp³-hybridized carbons (Fsp3) is 0.379. The van der Waals surface area contributed by atoms with Gasteiger partial charge in [-0.2, -0.15) is 9.97 Å². The number of hydrogen-bond donors (Lipinski definition) is 2. The molecule has 2 saturated heterocycles. The maximum atomic E-state index is 13.3. The average molecular weight is 543 g/mol. The Morgan fingerprint density at radius 1 is 1.18 bits per heavy atom. The zero-order valence-electron chi connectivity index (χ0n) is 22.7. The van der Waals surface area contributed by atoms with Gasteiger partial charge in [0.05, 0.1) is 19.8 Å². The van der Waals surface area contributed by atoms with E-state index in [0.717, 1.165) is 63.5 Å². The van der Waals surface area contributed by atoms with Crippen LogP contribution in [0.5, 0.6) is 5.88 Å². The zero-order chi connectivity index (χ0) is 27.5. The van der Waals surface area contributed by atoms with Crippen molar-refractivity contribution in [3.8, 4) is 11.7 Å². The van der Waals surface area contributed by atoms with Gasteiger partial charge in [-0.25, -0.2) is 14.3 Å². The molecule has 0 saturated carbocycles. The van der Waals surface area contributed by atoms with Crippen LogP contribution in [0.2, 0.25) is 0 Å². The number of rotatable bonds is 8. The van der Waals surface area contributed by atoms with Gasteiger partial charge in [0.25, 0.3) is 5.56 Å². The van der Waals surface area contributed by atoms with Crippen LogP contribution in [0.25, 0.3) is 16.9 Å². The number of fused-ring (bicyclic) bond motifs is 1. The number of morpholine rings is 1. The third-order valence-electron chi connectivity index (χ3n) is 7.28. The molecule has 6 rings (SSSR count). The van der Waals surface area contributed by atoms with Gasteiger partial charge in [-0.3, -0.25) is 4.79 Å². The summed E-state index contributed by atoms with van der Waals surface area (Å²) in [6.07, 6.45) is 5.20. The minimum Gasteiger partial charge on any atom is -0.474 e. The average Bonchev–Trinajstić information content (AvgIpc) is 3.25. The molecule has 0 amide bonds. The van der Waals surface area contributed by atoms with Crippen molar-refractivity contribution in [3.63, 3.8) is 0 Å². The minimum atomic E-state index is -0.210. The first-order valence-electron chi connectivity index (χ1n) is 13.8. The molecule has 2 aliphatic rings. The summed E-state index contributed by atoms with van der Waals surface area (Å²) in [5.41, 5.74) is 3.45. The molecule has 11 heteroatoms. The molecule has 40 heavy (non-hydrogen) atoms. The second kappa shape index (κ2) is 11.5. The van der Waals surface area contributed by atoms with Crippen LogP contribution in [0.15, 0.2) is 60.0 Å². The van der Waals surface area contributed by atoms with Gasteiger partial charge >= 0.3 is 0 Å². The van der Waals surface area contributed by atoms with Gasteiger partial charge in [0, 0.05) is 36.7 Å². The fourth-order valence-corrected chi connectivity index (χ4v) is 5.30. The van der Waals surface area contributed by atoms with Gasteiger partial charge in [0.2, 0.25) is 11.8 Å². The van der Waals surface area contributed by atoms with E-state index >= 15 is 0 Å². The largest absolute Gasteiger partial charge is 0.474 e. The lowest BCUT2D eigenvalue weighted by Crippen LogP contribution is -2.36. The Labute approximate surface area is 232 Å². The number of ether oxygens (including phenoxy) is 2. The second-order valence-corrected chi connectivity index (χ2v) is 10.0. The molecule has 11 nitrogen and oxygen atoms in total. The number of piperidine rings is 1. The van der Waals surface area contributed by atoms with Crippen LogP contribution in [0.3, 0.4) is 0 Å². The highest BCUT2D eigenvalue weighted by molar-refractivity contribution is 5.77. The normalized spacial score (nSPS) is 16.3. The monoisotopic (exact) mass is 542 g/mol. The van der Waals surface area contributed by atoms with E-state index < -0.39 is 0 Å². The fourth-order valence-electron chi connectivity index (χ4n) is 5.30. The van der Waals surface area contributed by atoms with Gasteiger partial charge in [-0.05, 0) is 62.7 Å². The second-order valence-electron chi connectivity index (χ2n) is 10.0. The van der Waals surface area contributed by atoms with Gasteiger partial charge < -0.3 is 25.0 Å². The summed E-state index contributed by atoms with van der Waals surface area (Å²) in [5, 5.41) is 7.06. The van der Waals surface area contributed by atoms with E-state index in [-0.39, 0.29) is 11.7 Å². The van der Waals surface area contributed by atoms with Crippen molar-refractivity contribution < 1.29 is 9.47 Å². The number of anilines is 3. The molecule has 2 N–H and O–H groups in total. The van der Waals surface area contributed by atoms with Crippen LogP contribution >= 0.6 is 0 Å². The van der Waals surface area contributed by atoms with Gasteiger partial charge in [0.15, 0.2) is 11.5 Å². The number of nitrogens with one attached hydrogen (secondary N) is 2. The van der Waals surface area contributed by atoms with Crippen molar-refractivity contribution in [1.82, 2.24) is 29.6 Å². The number of nitrogens with zero attached hydrogens (tertiary/aromatic N) is 6. The molecular formula is C29H34N8O3. The minimum absolute atomic E-state index is 0.108. The third kappa shape index (κ3) is 5.30. The zero-order valence-corrected chi connectivity index (χ0v) is 22.7. The number of aryl methyl sites for hydroxylation is 1. The molecule has 0 aliphatic carbocycles. The summed E-state index contributed by atoms with van der Waals surface area (Å²) in [7, 11) is 0. The van der Waals surface area contributed by atoms with Crippen LogP contribution < -0.4 is 25.8 Å². The highest BCUT2D eigenvalue weighted by atomic mass is 16.5. The Balaban J connectivity index is 1.33. The molecule has 0 spiro atoms. The Morgan fingerprint density at radius 2 is 2.00 bits per heavy atom. The number of aromatic nitrogens is 5. The highest BCUT2D eigenvalue weighted by Gasteiger charge is 2.20. The topological polar surface area (TPSA) is 111 Å². The number of benzene rings is 1. The summed E-state index contributed by atoms with van der Waals surface area (Å²) in [6, 6.07) is 11.8. The smallest absolute Gasteiger partial charge is 0.278 e. The number of allylic oxidation sites excluding steroid dienone is 1. The molecule has 1 aromatic carbocycles. The lowest BCUT2D eigenvalue weighted by atomic mass is 10.1. The predicted octanol–water partition coefficient (Wildman–Crippen LogP) is 3.18. The van der Waals surface area contributed by atoms with E-state index in [1.807, 2.05) is 24.3 Å². The Kier molecular flexibility index (Phi) is 7.47. The van der Waals surface area contributed by atoms with Crippen molar-refractivity contribution in [1.29, 1.82) is 0 Å². The molecule has 2 aliphatic heterocycles. The molecule has 3 aromatic heterocycles. The predicted molar refractivity (Wildman–Crippen MR) is 155 cm³/mol. The van der Waals surface area contributed by atoms with Crippen LogP contribution in [0, 0.1) is 6.92 Å². The van der Waals surface area contributed by atoms with Crippen LogP contribution in [0.4, 0.5) is 17.3 Å². The molecule has 0 radical (unpaired) electrons. The molecule has 208 valence electrons. The summed E-state index contributed by atoms with van der Waals surface area (Å²) >= 11 is 0. The maximum Gasteiger partial charge on any atom is 0.278 e. The lowest BCUT2D eigenvalue weighted by molar-refractivity contribution is 0.122. The van der Waals surface area contributed by atoms with E-state index in [4.69, 9.17) is 19.4 Å². The van der Waals surface area contributed by atoms with Crippen molar-refractivity contribution in [3.05, 3.63) is 71.2 Å². The van der Waals surface area contributed by atoms with Crippen molar-refractivity contribution in [2.75, 3.05) is 49.6 Å². The van der Waals surface area contributed by atoms with Crippen molar-refractivity contribution >= 4 is 28.4 Å². The van der Waals surface area contributed by atoms with Crippen LogP contribution in [-0.4, -0.2) is 69.8 Å². The molecule has 2 fully saturated rings. The van der Waals surface area contributed by atoms with Crippen LogP contribution in [-0.2, 0) is 11.3 Å². The van der Waals surface area contributed by atoms with Crippen molar-refractivity contribution in [2.45, 2.75) is 32.4 Å². The van der Waals surface area contributed by atoms with Crippen molar-refractivity contribution in [2.24, 2.45) is 0 Å². The molecule has 0 atom stereocenters. The third-order valence-corrected chi connectivity index (χ3v) is 7.28. The Hall–Kier alpha value is -4.22. The lowest BCUT2D eigenvalue weighted by Gasteiger charge is -2.30. The maximum absolute atomic E-state index is 13.3. The summed E-state index contributed by atoms with van der Waals surface area (Å²) in [4.78, 5) is 29.6. The molecule has 4 aromatic rings. The quantitative estimate of drug-likeness (QED) is 0.324. The molecule has 0 bridgehead atoms. The van der Waals surface area contributed by atoms with E-state index in [0.29, 0.717) is 35.2 Å². The number of hydrogen-bond acceptors (Lipinski definition) is 9. The van der Waals surface area contributed by atoms with Gasteiger partial charge in [-0.15, -0.1) is 6.58 Å². The molecule has 0 unspecified atom stereocenters. The Morgan fingerprint density at radius 3 is 2.77 bits per heavy atom. The SMILES string of the molecule is C=CCn1c(=O)c2cnc(Nc3ccc(N4CCOCC4)c(C)c3)nc2n1-c1cccc(OC2CCNCC2)n1. The van der Waals surface area contributed by atoms with E-state index in [1.165, 1.54) is 5.69 Å². The first kappa shape index (κ1) is 26.0. The first-order chi connectivity index (χ1) is 19.6. The van der Waals surface area contributed by atoms with Crippen LogP contribution in [0.1, 0.15) is 18.4 Å². The first-order valence-corrected chi connectivity index (χ1v) is 13.8. The Bertz CT molecular complexity index is 1570. The molecule has 5 heterocycles. The van der Waals surface area contributed by atoms with E-state index in [1.54, 1.807) is 21.6 Å². The standard InChI is InChI=1S/C29H34N8O3/c1-3-13-36-28(38)23-19-31-29(32-21-7-8-24(20(2)18-21)35-14-16-39-17-15-35)34-27(23)37(36)25-5-4-6-26(33-25)40-22-9-11-30-12-10-22/h3-8,18-19,22,30H,1,9-17H2,2H3,(H,31,32,34). The van der Waals surface area contributed by atoms with E-state index in [9.17, 15) is 4.79 Å². The van der Waals surface area contributed by atoms with Gasteiger partial charge in [-0.1, -0.05) is 12.1 Å². The van der Waals surface area contributed by atoms with E-state index in [2.05, 4.69) is 46.2 Å². The number of pyridine rings is 1. The summed E-state index contributed by atoms with van der Waals surface area (Å²) < 4.78 is 14.9. The summed E-state index contributed by atoms with van der Waals surface area (Å²) in [5.74, 6) is 1.44. The molecular weight excluding hydrogens is 508 g/mol. The summed E-state index contributed by atoms with van der Waals surface area (Å²) in [6.45, 7) is 11.3. The van der Waals surface area contributed by atoms with Gasteiger partial charge in [0.1, 0.15) is 11.5 Å².